The Morgan fingerprint density at radius 1 is 0.282 bits per heavy atom. The second kappa shape index (κ2) is 16.7. The number of fused-ring (bicyclic) bond motifs is 9. The predicted octanol–water partition coefficient (Wildman–Crippen LogP) is 19.1. The van der Waals surface area contributed by atoms with Gasteiger partial charge in [0.25, 0.3) is 0 Å². The molecule has 332 valence electrons. The molecular formula is C68H44N2O. The highest BCUT2D eigenvalue weighted by Crippen LogP contribution is 2.42. The summed E-state index contributed by atoms with van der Waals surface area (Å²) in [5.74, 6) is 0. The summed E-state index contributed by atoms with van der Waals surface area (Å²) in [7, 11) is 0. The van der Waals surface area contributed by atoms with Gasteiger partial charge >= 0.3 is 0 Å². The van der Waals surface area contributed by atoms with Gasteiger partial charge in [0.05, 0.1) is 11.0 Å². The largest absolute Gasteiger partial charge is 0.456 e. The number of hydrogen-bond acceptors (Lipinski definition) is 2. The second-order valence-corrected chi connectivity index (χ2v) is 18.5. The van der Waals surface area contributed by atoms with E-state index in [2.05, 4.69) is 264 Å². The van der Waals surface area contributed by atoms with Crippen LogP contribution in [0, 0.1) is 0 Å². The Balaban J connectivity index is 0.813. The highest BCUT2D eigenvalue weighted by molar-refractivity contribution is 6.13. The van der Waals surface area contributed by atoms with E-state index in [1.54, 1.807) is 0 Å². The lowest BCUT2D eigenvalue weighted by molar-refractivity contribution is 0.669. The SMILES string of the molecule is c1cc(-c2cccc3oc4ccccc4c23)cc(N(c2ccc(-c3ccc(-c4cccc(-n5c6ccccc6c6ccccc65)c4)cc3)cc2)c2ccc(-c3ccc4c(ccc5ccccc54)c3)cc2)c1. The first kappa shape index (κ1) is 40.6. The molecule has 0 aliphatic heterocycles. The Labute approximate surface area is 411 Å². The van der Waals surface area contributed by atoms with Crippen LogP contribution in [0.2, 0.25) is 0 Å². The average Bonchev–Trinajstić information content (AvgIpc) is 4.00. The van der Waals surface area contributed by atoms with Crippen molar-refractivity contribution in [2.45, 2.75) is 0 Å². The van der Waals surface area contributed by atoms with Gasteiger partial charge in [0.15, 0.2) is 0 Å². The first-order chi connectivity index (χ1) is 35.2. The molecule has 0 saturated heterocycles. The molecule has 0 amide bonds. The monoisotopic (exact) mass is 904 g/mol. The van der Waals surface area contributed by atoms with Crippen molar-refractivity contribution in [3.8, 4) is 50.2 Å². The minimum Gasteiger partial charge on any atom is -0.456 e. The zero-order valence-electron chi connectivity index (χ0n) is 38.7. The number of rotatable bonds is 8. The standard InChI is InChI=1S/C68H44N2O/c1-2-17-58-49(12-1)30-31-53-42-51(36-41-59(53)58)48-34-39-55(40-35-48)69(56-15-10-14-52(44-56)60-21-11-25-67-68(60)63-20-5-8-24-66(63)71-67)54-37-32-46(33-38-54)45-26-28-47(29-27-45)50-13-9-16-57(43-50)70-64-22-6-3-18-61(64)62-19-4-7-23-65(62)70/h1-44H. The van der Waals surface area contributed by atoms with E-state index in [1.807, 2.05) is 12.1 Å². The van der Waals surface area contributed by atoms with Crippen LogP contribution in [0.3, 0.4) is 0 Å². The van der Waals surface area contributed by atoms with Crippen LogP contribution in [0.15, 0.2) is 271 Å². The summed E-state index contributed by atoms with van der Waals surface area (Å²) in [6, 6.07) is 96.7. The molecule has 2 aromatic heterocycles. The normalized spacial score (nSPS) is 11.7. The van der Waals surface area contributed by atoms with Gasteiger partial charge in [0.2, 0.25) is 0 Å². The molecule has 0 spiro atoms. The van der Waals surface area contributed by atoms with Crippen molar-refractivity contribution in [3.63, 3.8) is 0 Å². The molecule has 0 radical (unpaired) electrons. The van der Waals surface area contributed by atoms with Crippen molar-refractivity contribution >= 4 is 82.4 Å². The van der Waals surface area contributed by atoms with Gasteiger partial charge in [-0.1, -0.05) is 188 Å². The van der Waals surface area contributed by atoms with Gasteiger partial charge in [-0.15, -0.1) is 0 Å². The van der Waals surface area contributed by atoms with Crippen LogP contribution < -0.4 is 4.90 Å². The lowest BCUT2D eigenvalue weighted by atomic mass is 9.97. The zero-order chi connectivity index (χ0) is 46.8. The fraction of sp³-hybridized carbons (Fsp3) is 0. The smallest absolute Gasteiger partial charge is 0.136 e. The van der Waals surface area contributed by atoms with Crippen molar-refractivity contribution < 1.29 is 4.42 Å². The van der Waals surface area contributed by atoms with E-state index >= 15 is 0 Å². The maximum absolute atomic E-state index is 6.33. The van der Waals surface area contributed by atoms with Gasteiger partial charge in [0.1, 0.15) is 11.2 Å². The molecule has 2 heterocycles. The van der Waals surface area contributed by atoms with Gasteiger partial charge < -0.3 is 13.9 Å². The highest BCUT2D eigenvalue weighted by Gasteiger charge is 2.18. The van der Waals surface area contributed by atoms with Crippen molar-refractivity contribution in [2.75, 3.05) is 4.90 Å². The minimum atomic E-state index is 0.889. The number of furan rings is 1. The fourth-order valence-electron chi connectivity index (χ4n) is 11.0. The van der Waals surface area contributed by atoms with Crippen LogP contribution in [0.4, 0.5) is 17.1 Å². The Bertz CT molecular complexity index is 4280. The molecule has 71 heavy (non-hydrogen) atoms. The van der Waals surface area contributed by atoms with E-state index in [0.29, 0.717) is 0 Å². The zero-order valence-corrected chi connectivity index (χ0v) is 38.7. The molecule has 12 aromatic carbocycles. The maximum Gasteiger partial charge on any atom is 0.136 e. The van der Waals surface area contributed by atoms with Crippen molar-refractivity contribution in [2.24, 2.45) is 0 Å². The molecule has 0 saturated carbocycles. The summed E-state index contributed by atoms with van der Waals surface area (Å²) in [4.78, 5) is 2.37. The highest BCUT2D eigenvalue weighted by atomic mass is 16.3. The van der Waals surface area contributed by atoms with Crippen molar-refractivity contribution in [1.29, 1.82) is 0 Å². The molecule has 0 fully saturated rings. The lowest BCUT2D eigenvalue weighted by Gasteiger charge is -2.26. The molecule has 0 N–H and O–H groups in total. The molecule has 3 heteroatoms. The fourth-order valence-corrected chi connectivity index (χ4v) is 11.0. The van der Waals surface area contributed by atoms with Crippen LogP contribution in [0.5, 0.6) is 0 Å². The first-order valence-electron chi connectivity index (χ1n) is 24.3. The Hall–Kier alpha value is -9.44. The second-order valence-electron chi connectivity index (χ2n) is 18.5. The Morgan fingerprint density at radius 3 is 1.51 bits per heavy atom. The molecule has 0 bridgehead atoms. The van der Waals surface area contributed by atoms with E-state index in [9.17, 15) is 0 Å². The molecule has 0 aliphatic rings. The third-order valence-electron chi connectivity index (χ3n) is 14.4. The van der Waals surface area contributed by atoms with Gasteiger partial charge in [0, 0.05) is 44.3 Å². The number of aromatic nitrogens is 1. The summed E-state index contributed by atoms with van der Waals surface area (Å²) in [5.41, 5.74) is 17.9. The van der Waals surface area contributed by atoms with Gasteiger partial charge in [-0.25, -0.2) is 0 Å². The topological polar surface area (TPSA) is 21.3 Å². The third kappa shape index (κ3) is 6.97. The van der Waals surface area contributed by atoms with Crippen molar-refractivity contribution in [1.82, 2.24) is 4.57 Å². The minimum absolute atomic E-state index is 0.889. The number of nitrogens with zero attached hydrogens (tertiary/aromatic N) is 2. The van der Waals surface area contributed by atoms with Crippen LogP contribution in [0.1, 0.15) is 0 Å². The molecule has 0 unspecified atom stereocenters. The summed E-state index contributed by atoms with van der Waals surface area (Å²) in [6.45, 7) is 0. The Kier molecular flexibility index (Phi) is 9.53. The van der Waals surface area contributed by atoms with Gasteiger partial charge in [-0.2, -0.15) is 0 Å². The van der Waals surface area contributed by atoms with E-state index in [4.69, 9.17) is 4.42 Å². The van der Waals surface area contributed by atoms with Gasteiger partial charge in [-0.3, -0.25) is 0 Å². The predicted molar refractivity (Wildman–Crippen MR) is 299 cm³/mol. The number of benzene rings is 12. The summed E-state index contributed by atoms with van der Waals surface area (Å²) < 4.78 is 8.71. The number of para-hydroxylation sites is 3. The first-order valence-corrected chi connectivity index (χ1v) is 24.3. The van der Waals surface area contributed by atoms with Crippen LogP contribution in [-0.2, 0) is 0 Å². The van der Waals surface area contributed by atoms with Crippen molar-refractivity contribution in [3.05, 3.63) is 267 Å². The average molecular weight is 905 g/mol. The molecular weight excluding hydrogens is 861 g/mol. The lowest BCUT2D eigenvalue weighted by Crippen LogP contribution is -2.10. The summed E-state index contributed by atoms with van der Waals surface area (Å²) >= 11 is 0. The van der Waals surface area contributed by atoms with E-state index in [1.165, 1.54) is 71.2 Å². The molecule has 3 nitrogen and oxygen atoms in total. The van der Waals surface area contributed by atoms with Gasteiger partial charge in [-0.05, 0) is 145 Å². The third-order valence-corrected chi connectivity index (χ3v) is 14.4. The molecule has 14 rings (SSSR count). The quantitative estimate of drug-likeness (QED) is 0.142. The van der Waals surface area contributed by atoms with Crippen LogP contribution >= 0.6 is 0 Å². The van der Waals surface area contributed by atoms with Crippen LogP contribution in [0.25, 0.3) is 115 Å². The van der Waals surface area contributed by atoms with Crippen LogP contribution in [-0.4, -0.2) is 4.57 Å². The summed E-state index contributed by atoms with van der Waals surface area (Å²) in [5, 5.41) is 9.83. The number of hydrogen-bond donors (Lipinski definition) is 0. The molecule has 14 aromatic rings. The van der Waals surface area contributed by atoms with E-state index in [-0.39, 0.29) is 0 Å². The molecule has 0 atom stereocenters. The van der Waals surface area contributed by atoms with E-state index in [0.717, 1.165) is 61.4 Å². The molecule has 0 aliphatic carbocycles. The Morgan fingerprint density at radius 2 is 0.789 bits per heavy atom. The summed E-state index contributed by atoms with van der Waals surface area (Å²) in [6.07, 6.45) is 0. The van der Waals surface area contributed by atoms with E-state index < -0.39 is 0 Å². The maximum atomic E-state index is 6.33. The number of anilines is 3.